The van der Waals surface area contributed by atoms with Crippen LogP contribution in [0.3, 0.4) is 0 Å². The van der Waals surface area contributed by atoms with Gasteiger partial charge in [0, 0.05) is 18.5 Å². The number of amides is 1. The highest BCUT2D eigenvalue weighted by atomic mass is 32.2. The number of likely N-dealkylation sites (N-methyl/N-ethyl adjacent to an activating group) is 1. The summed E-state index contributed by atoms with van der Waals surface area (Å²) in [5, 5.41) is 0. The first-order valence-corrected chi connectivity index (χ1v) is 8.93. The molecule has 0 N–H and O–H groups in total. The van der Waals surface area contributed by atoms with Gasteiger partial charge in [-0.15, -0.1) is 11.8 Å². The van der Waals surface area contributed by atoms with Crippen molar-refractivity contribution in [2.45, 2.75) is 24.8 Å². The number of hydrogen-bond donors (Lipinski definition) is 0. The average Bonchev–Trinajstić information content (AvgIpc) is 2.57. The van der Waals surface area contributed by atoms with E-state index in [4.69, 9.17) is 4.74 Å². The molecule has 0 aliphatic heterocycles. The Morgan fingerprint density at radius 3 is 2.22 bits per heavy atom. The molecule has 0 bridgehead atoms. The van der Waals surface area contributed by atoms with Crippen molar-refractivity contribution in [3.8, 4) is 5.75 Å². The zero-order valence-electron chi connectivity index (χ0n) is 13.9. The van der Waals surface area contributed by atoms with E-state index in [-0.39, 0.29) is 5.91 Å². The van der Waals surface area contributed by atoms with E-state index in [9.17, 15) is 4.79 Å². The standard InChI is InChI=1S/C19H23NO2S/c1-4-22-17-9-5-15(6-10-17)13-19(21)20(2)14-16-7-11-18(23-3)12-8-16/h5-12H,4,13-14H2,1-3H3. The molecule has 0 saturated heterocycles. The van der Waals surface area contributed by atoms with Gasteiger partial charge in [-0.05, 0) is 48.6 Å². The number of ether oxygens (including phenoxy) is 1. The predicted octanol–water partition coefficient (Wildman–Crippen LogP) is 4.01. The van der Waals surface area contributed by atoms with Gasteiger partial charge in [-0.25, -0.2) is 0 Å². The minimum absolute atomic E-state index is 0.114. The Balaban J connectivity index is 1.90. The van der Waals surface area contributed by atoms with Crippen molar-refractivity contribution in [1.82, 2.24) is 4.90 Å². The van der Waals surface area contributed by atoms with E-state index in [0.29, 0.717) is 19.6 Å². The van der Waals surface area contributed by atoms with Gasteiger partial charge >= 0.3 is 0 Å². The predicted molar refractivity (Wildman–Crippen MR) is 96.0 cm³/mol. The van der Waals surface area contributed by atoms with Crippen LogP contribution < -0.4 is 4.74 Å². The van der Waals surface area contributed by atoms with Crippen LogP contribution in [0.4, 0.5) is 0 Å². The third-order valence-electron chi connectivity index (χ3n) is 3.59. The summed E-state index contributed by atoms with van der Waals surface area (Å²) in [5.41, 5.74) is 2.15. The summed E-state index contributed by atoms with van der Waals surface area (Å²) >= 11 is 1.72. The molecule has 1 amide bonds. The molecule has 4 heteroatoms. The maximum Gasteiger partial charge on any atom is 0.227 e. The molecule has 0 aromatic heterocycles. The summed E-state index contributed by atoms with van der Waals surface area (Å²) in [7, 11) is 1.85. The van der Waals surface area contributed by atoms with E-state index >= 15 is 0 Å². The molecule has 0 heterocycles. The first-order chi connectivity index (χ1) is 11.1. The van der Waals surface area contributed by atoms with Gasteiger partial charge in [0.15, 0.2) is 0 Å². The molecule has 0 atom stereocenters. The van der Waals surface area contributed by atoms with Gasteiger partial charge in [-0.1, -0.05) is 24.3 Å². The summed E-state index contributed by atoms with van der Waals surface area (Å²) in [5.74, 6) is 0.953. The molecule has 0 aliphatic rings. The lowest BCUT2D eigenvalue weighted by Crippen LogP contribution is -2.27. The smallest absolute Gasteiger partial charge is 0.227 e. The Morgan fingerprint density at radius 2 is 1.65 bits per heavy atom. The van der Waals surface area contributed by atoms with Crippen LogP contribution in [0.15, 0.2) is 53.4 Å². The highest BCUT2D eigenvalue weighted by Gasteiger charge is 2.10. The minimum atomic E-state index is 0.114. The summed E-state index contributed by atoms with van der Waals surface area (Å²) < 4.78 is 5.41. The lowest BCUT2D eigenvalue weighted by molar-refractivity contribution is -0.129. The number of thioether (sulfide) groups is 1. The van der Waals surface area contributed by atoms with Crippen molar-refractivity contribution in [2.24, 2.45) is 0 Å². The molecule has 0 saturated carbocycles. The van der Waals surface area contributed by atoms with Crippen molar-refractivity contribution in [2.75, 3.05) is 19.9 Å². The zero-order chi connectivity index (χ0) is 16.7. The molecule has 0 radical (unpaired) electrons. The lowest BCUT2D eigenvalue weighted by Gasteiger charge is -2.17. The van der Waals surface area contributed by atoms with E-state index in [2.05, 4.69) is 30.5 Å². The van der Waals surface area contributed by atoms with Crippen LogP contribution in [0.25, 0.3) is 0 Å². The van der Waals surface area contributed by atoms with Gasteiger partial charge in [-0.3, -0.25) is 4.79 Å². The number of carbonyl (C=O) groups is 1. The van der Waals surface area contributed by atoms with Crippen molar-refractivity contribution >= 4 is 17.7 Å². The van der Waals surface area contributed by atoms with E-state index in [1.165, 1.54) is 4.90 Å². The summed E-state index contributed by atoms with van der Waals surface area (Å²) in [6.07, 6.45) is 2.47. The molecule has 0 spiro atoms. The van der Waals surface area contributed by atoms with Crippen molar-refractivity contribution in [3.05, 3.63) is 59.7 Å². The number of nitrogens with zero attached hydrogens (tertiary/aromatic N) is 1. The Kier molecular flexibility index (Phi) is 6.53. The Morgan fingerprint density at radius 1 is 1.04 bits per heavy atom. The minimum Gasteiger partial charge on any atom is -0.494 e. The van der Waals surface area contributed by atoms with Crippen LogP contribution in [0.5, 0.6) is 5.75 Å². The maximum absolute atomic E-state index is 12.3. The van der Waals surface area contributed by atoms with Gasteiger partial charge in [0.25, 0.3) is 0 Å². The molecule has 122 valence electrons. The lowest BCUT2D eigenvalue weighted by atomic mass is 10.1. The second-order valence-electron chi connectivity index (χ2n) is 5.35. The maximum atomic E-state index is 12.3. The molecular formula is C19H23NO2S. The largest absolute Gasteiger partial charge is 0.494 e. The number of hydrogen-bond acceptors (Lipinski definition) is 3. The third-order valence-corrected chi connectivity index (χ3v) is 4.34. The second-order valence-corrected chi connectivity index (χ2v) is 6.23. The van der Waals surface area contributed by atoms with E-state index < -0.39 is 0 Å². The third kappa shape index (κ3) is 5.32. The number of rotatable bonds is 7. The van der Waals surface area contributed by atoms with E-state index in [0.717, 1.165) is 16.9 Å². The number of benzene rings is 2. The van der Waals surface area contributed by atoms with Crippen LogP contribution in [-0.4, -0.2) is 30.7 Å². The van der Waals surface area contributed by atoms with E-state index in [1.54, 1.807) is 16.7 Å². The highest BCUT2D eigenvalue weighted by Crippen LogP contribution is 2.16. The second kappa shape index (κ2) is 8.63. The monoisotopic (exact) mass is 329 g/mol. The quantitative estimate of drug-likeness (QED) is 0.719. The van der Waals surface area contributed by atoms with Crippen LogP contribution in [0, 0.1) is 0 Å². The molecule has 3 nitrogen and oxygen atoms in total. The average molecular weight is 329 g/mol. The van der Waals surface area contributed by atoms with E-state index in [1.807, 2.05) is 38.2 Å². The van der Waals surface area contributed by atoms with Crippen LogP contribution in [0.2, 0.25) is 0 Å². The Bertz CT molecular complexity index is 623. The molecular weight excluding hydrogens is 306 g/mol. The Labute approximate surface area is 142 Å². The first-order valence-electron chi connectivity index (χ1n) is 7.71. The van der Waals surface area contributed by atoms with Gasteiger partial charge in [0.05, 0.1) is 13.0 Å². The highest BCUT2D eigenvalue weighted by molar-refractivity contribution is 7.98. The van der Waals surface area contributed by atoms with Crippen molar-refractivity contribution in [1.29, 1.82) is 0 Å². The Hall–Kier alpha value is -1.94. The van der Waals surface area contributed by atoms with Gasteiger partial charge in [0.1, 0.15) is 5.75 Å². The molecule has 2 aromatic rings. The molecule has 2 rings (SSSR count). The van der Waals surface area contributed by atoms with Crippen molar-refractivity contribution in [3.63, 3.8) is 0 Å². The fraction of sp³-hybridized carbons (Fsp3) is 0.316. The van der Waals surface area contributed by atoms with Gasteiger partial charge in [0.2, 0.25) is 5.91 Å². The van der Waals surface area contributed by atoms with Crippen LogP contribution >= 0.6 is 11.8 Å². The molecule has 0 fully saturated rings. The molecule has 0 unspecified atom stereocenters. The van der Waals surface area contributed by atoms with Gasteiger partial charge in [-0.2, -0.15) is 0 Å². The fourth-order valence-corrected chi connectivity index (χ4v) is 2.68. The molecule has 23 heavy (non-hydrogen) atoms. The van der Waals surface area contributed by atoms with Gasteiger partial charge < -0.3 is 9.64 Å². The van der Waals surface area contributed by atoms with Crippen LogP contribution in [-0.2, 0) is 17.8 Å². The molecule has 0 aliphatic carbocycles. The van der Waals surface area contributed by atoms with Crippen LogP contribution in [0.1, 0.15) is 18.1 Å². The number of carbonyl (C=O) groups excluding carboxylic acids is 1. The SMILES string of the molecule is CCOc1ccc(CC(=O)N(C)Cc2ccc(SC)cc2)cc1. The fourth-order valence-electron chi connectivity index (χ4n) is 2.27. The zero-order valence-corrected chi connectivity index (χ0v) is 14.7. The normalized spacial score (nSPS) is 10.4. The first kappa shape index (κ1) is 17.4. The van der Waals surface area contributed by atoms with Crippen molar-refractivity contribution < 1.29 is 9.53 Å². The summed E-state index contributed by atoms with van der Waals surface area (Å²) in [4.78, 5) is 15.3. The summed E-state index contributed by atoms with van der Waals surface area (Å²) in [6, 6.07) is 16.0. The summed E-state index contributed by atoms with van der Waals surface area (Å²) in [6.45, 7) is 3.24. The topological polar surface area (TPSA) is 29.5 Å². The molecule has 2 aromatic carbocycles.